The zero-order chi connectivity index (χ0) is 19.4. The molecule has 144 valence electrons. The monoisotopic (exact) mass is 371 g/mol. The Morgan fingerprint density at radius 3 is 2.85 bits per heavy atom. The molecule has 8 heteroatoms. The van der Waals surface area contributed by atoms with Crippen molar-refractivity contribution in [1.29, 1.82) is 0 Å². The molecule has 0 atom stereocenters. The predicted molar refractivity (Wildman–Crippen MR) is 100 cm³/mol. The fourth-order valence-corrected chi connectivity index (χ4v) is 2.89. The first-order chi connectivity index (χ1) is 12.8. The molecule has 0 aromatic carbocycles. The third kappa shape index (κ3) is 5.06. The van der Waals surface area contributed by atoms with Crippen LogP contribution in [0.25, 0.3) is 0 Å². The Morgan fingerprint density at radius 2 is 2.15 bits per heavy atom. The molecule has 0 fully saturated rings. The number of H-pyrrole nitrogens is 1. The molecule has 0 bridgehead atoms. The fraction of sp³-hybridized carbons (Fsp3) is 0.474. The van der Waals surface area contributed by atoms with Crippen LogP contribution in [0, 0.1) is 0 Å². The van der Waals surface area contributed by atoms with Gasteiger partial charge >= 0.3 is 6.09 Å². The van der Waals surface area contributed by atoms with Crippen molar-refractivity contribution in [3.05, 3.63) is 41.3 Å². The van der Waals surface area contributed by atoms with Crippen LogP contribution in [-0.2, 0) is 28.9 Å². The molecule has 0 unspecified atom stereocenters. The number of nitrogens with one attached hydrogen (secondary N) is 2. The number of pyridine rings is 1. The van der Waals surface area contributed by atoms with Crippen molar-refractivity contribution in [3.8, 4) is 0 Å². The number of aromatic nitrogens is 3. The van der Waals surface area contributed by atoms with E-state index in [-0.39, 0.29) is 12.0 Å². The summed E-state index contributed by atoms with van der Waals surface area (Å²) >= 11 is 0. The van der Waals surface area contributed by atoms with Gasteiger partial charge in [-0.3, -0.25) is 14.9 Å². The maximum absolute atomic E-state index is 12.2. The van der Waals surface area contributed by atoms with Gasteiger partial charge in [0.05, 0.1) is 12.2 Å². The summed E-state index contributed by atoms with van der Waals surface area (Å²) in [6, 6.07) is 5.65. The van der Waals surface area contributed by atoms with Crippen LogP contribution in [-0.4, -0.2) is 44.2 Å². The Morgan fingerprint density at radius 1 is 1.33 bits per heavy atom. The van der Waals surface area contributed by atoms with Gasteiger partial charge < -0.3 is 15.0 Å². The van der Waals surface area contributed by atoms with Crippen LogP contribution in [0.5, 0.6) is 0 Å². The Kier molecular flexibility index (Phi) is 5.43. The lowest BCUT2D eigenvalue weighted by atomic mass is 10.1. The molecule has 3 rings (SSSR count). The number of aryl methyl sites for hydroxylation is 1. The first-order valence-corrected chi connectivity index (χ1v) is 9.05. The van der Waals surface area contributed by atoms with E-state index in [1.807, 2.05) is 39.0 Å². The number of fused-ring (bicyclic) bond motifs is 1. The molecule has 0 saturated carbocycles. The Hall–Kier alpha value is -2.90. The van der Waals surface area contributed by atoms with E-state index < -0.39 is 5.60 Å². The van der Waals surface area contributed by atoms with Crippen LogP contribution in [0.2, 0.25) is 0 Å². The molecule has 0 aliphatic carbocycles. The van der Waals surface area contributed by atoms with E-state index in [4.69, 9.17) is 4.74 Å². The summed E-state index contributed by atoms with van der Waals surface area (Å²) in [4.78, 5) is 30.3. The van der Waals surface area contributed by atoms with Gasteiger partial charge in [0.1, 0.15) is 5.60 Å². The Bertz CT molecular complexity index is 810. The molecule has 2 amide bonds. The van der Waals surface area contributed by atoms with Gasteiger partial charge in [0.15, 0.2) is 5.82 Å². The van der Waals surface area contributed by atoms with Gasteiger partial charge in [-0.15, -0.1) is 0 Å². The highest BCUT2D eigenvalue weighted by atomic mass is 16.6. The zero-order valence-electron chi connectivity index (χ0n) is 15.9. The Labute approximate surface area is 158 Å². The standard InChI is InChI=1S/C19H25N5O3/c1-19(2,3)27-18(26)24-11-9-14-15(12-24)22-23-17(14)21-16(25)8-7-13-6-4-5-10-20-13/h4-6,10H,7-9,11-12H2,1-3H3,(H2,21,22,23,25). The normalized spacial score (nSPS) is 13.8. The van der Waals surface area contributed by atoms with Crippen LogP contribution in [0.4, 0.5) is 10.6 Å². The number of anilines is 1. The second kappa shape index (κ2) is 7.77. The van der Waals surface area contributed by atoms with Crippen molar-refractivity contribution >= 4 is 17.8 Å². The second-order valence-corrected chi connectivity index (χ2v) is 7.55. The number of aromatic amines is 1. The molecule has 1 aliphatic heterocycles. The molecule has 8 nitrogen and oxygen atoms in total. The van der Waals surface area contributed by atoms with Crippen molar-refractivity contribution in [2.24, 2.45) is 0 Å². The summed E-state index contributed by atoms with van der Waals surface area (Å²) in [6.45, 7) is 6.44. The van der Waals surface area contributed by atoms with E-state index in [0.29, 0.717) is 38.2 Å². The van der Waals surface area contributed by atoms with E-state index in [1.54, 1.807) is 11.1 Å². The zero-order valence-corrected chi connectivity index (χ0v) is 15.9. The summed E-state index contributed by atoms with van der Waals surface area (Å²) < 4.78 is 5.41. The third-order valence-electron chi connectivity index (χ3n) is 4.18. The molecular weight excluding hydrogens is 346 g/mol. The van der Waals surface area contributed by atoms with E-state index in [1.165, 1.54) is 0 Å². The van der Waals surface area contributed by atoms with Gasteiger partial charge in [0, 0.05) is 30.4 Å². The summed E-state index contributed by atoms with van der Waals surface area (Å²) in [6.07, 6.45) is 2.90. The minimum Gasteiger partial charge on any atom is -0.444 e. The molecule has 2 aromatic rings. The first-order valence-electron chi connectivity index (χ1n) is 9.05. The Balaban J connectivity index is 1.56. The summed E-state index contributed by atoms with van der Waals surface area (Å²) in [7, 11) is 0. The summed E-state index contributed by atoms with van der Waals surface area (Å²) in [5.74, 6) is 0.435. The van der Waals surface area contributed by atoms with E-state index in [9.17, 15) is 9.59 Å². The average molecular weight is 371 g/mol. The fourth-order valence-electron chi connectivity index (χ4n) is 2.89. The second-order valence-electron chi connectivity index (χ2n) is 7.55. The largest absolute Gasteiger partial charge is 0.444 e. The molecule has 2 N–H and O–H groups in total. The van der Waals surface area contributed by atoms with Gasteiger partial charge in [-0.2, -0.15) is 5.10 Å². The predicted octanol–water partition coefficient (Wildman–Crippen LogP) is 2.67. The molecular formula is C19H25N5O3. The maximum Gasteiger partial charge on any atom is 0.410 e. The lowest BCUT2D eigenvalue weighted by molar-refractivity contribution is -0.116. The number of hydrogen-bond acceptors (Lipinski definition) is 5. The highest BCUT2D eigenvalue weighted by molar-refractivity contribution is 5.90. The maximum atomic E-state index is 12.2. The van der Waals surface area contributed by atoms with Crippen LogP contribution in [0.3, 0.4) is 0 Å². The number of amides is 2. The molecule has 3 heterocycles. The SMILES string of the molecule is CC(C)(C)OC(=O)N1CCc2c(NC(=O)CCc3ccccn3)n[nH]c2C1. The van der Waals surface area contributed by atoms with Gasteiger partial charge in [-0.1, -0.05) is 6.07 Å². The minimum atomic E-state index is -0.530. The molecule has 0 spiro atoms. The van der Waals surface area contributed by atoms with E-state index in [0.717, 1.165) is 17.0 Å². The molecule has 0 saturated heterocycles. The highest BCUT2D eigenvalue weighted by Gasteiger charge is 2.28. The van der Waals surface area contributed by atoms with Crippen molar-refractivity contribution in [2.45, 2.75) is 52.2 Å². The topological polar surface area (TPSA) is 100 Å². The summed E-state index contributed by atoms with van der Waals surface area (Å²) in [5, 5.41) is 10.00. The van der Waals surface area contributed by atoms with Gasteiger partial charge in [-0.05, 0) is 45.7 Å². The quantitative estimate of drug-likeness (QED) is 0.861. The van der Waals surface area contributed by atoms with Crippen molar-refractivity contribution in [2.75, 3.05) is 11.9 Å². The van der Waals surface area contributed by atoms with Crippen LogP contribution in [0.15, 0.2) is 24.4 Å². The van der Waals surface area contributed by atoms with Crippen molar-refractivity contribution in [1.82, 2.24) is 20.1 Å². The number of nitrogens with zero attached hydrogens (tertiary/aromatic N) is 3. The van der Waals surface area contributed by atoms with Gasteiger partial charge in [0.2, 0.25) is 5.91 Å². The molecule has 0 radical (unpaired) electrons. The minimum absolute atomic E-state index is 0.107. The van der Waals surface area contributed by atoms with Crippen LogP contribution < -0.4 is 5.32 Å². The number of carbonyl (C=O) groups is 2. The number of hydrogen-bond donors (Lipinski definition) is 2. The van der Waals surface area contributed by atoms with Gasteiger partial charge in [-0.25, -0.2) is 4.79 Å². The molecule has 2 aromatic heterocycles. The van der Waals surface area contributed by atoms with Crippen LogP contribution >= 0.6 is 0 Å². The highest BCUT2D eigenvalue weighted by Crippen LogP contribution is 2.25. The number of rotatable bonds is 4. The smallest absolute Gasteiger partial charge is 0.410 e. The van der Waals surface area contributed by atoms with Crippen LogP contribution in [0.1, 0.15) is 44.1 Å². The first kappa shape index (κ1) is 18.9. The van der Waals surface area contributed by atoms with E-state index in [2.05, 4.69) is 20.5 Å². The summed E-state index contributed by atoms with van der Waals surface area (Å²) in [5.41, 5.74) is 2.12. The number of carbonyl (C=O) groups excluding carboxylic acids is 2. The van der Waals surface area contributed by atoms with E-state index >= 15 is 0 Å². The third-order valence-corrected chi connectivity index (χ3v) is 4.18. The lowest BCUT2D eigenvalue weighted by Gasteiger charge is -2.29. The lowest BCUT2D eigenvalue weighted by Crippen LogP contribution is -2.39. The van der Waals surface area contributed by atoms with Gasteiger partial charge in [0.25, 0.3) is 0 Å². The van der Waals surface area contributed by atoms with Crippen molar-refractivity contribution < 1.29 is 14.3 Å². The molecule has 1 aliphatic rings. The average Bonchev–Trinajstić information content (AvgIpc) is 3.01. The molecule has 27 heavy (non-hydrogen) atoms. The number of ether oxygens (including phenoxy) is 1. The van der Waals surface area contributed by atoms with Crippen molar-refractivity contribution in [3.63, 3.8) is 0 Å².